The number of aliphatic hydroxyl groups excluding tert-OH is 2. The van der Waals surface area contributed by atoms with Crippen LogP contribution in [0.3, 0.4) is 0 Å². The molecule has 16 nitrogen and oxygen atoms in total. The Morgan fingerprint density at radius 2 is 1.64 bits per heavy atom. The normalized spacial score (nSPS) is 11.2. The number of aryl methyl sites for hydroxylation is 4. The van der Waals surface area contributed by atoms with Crippen molar-refractivity contribution in [2.45, 2.75) is 33.8 Å². The van der Waals surface area contributed by atoms with Crippen LogP contribution in [-0.2, 0) is 4.79 Å². The number of aliphatic hydroxyl groups is 2. The van der Waals surface area contributed by atoms with Gasteiger partial charge in [0.15, 0.2) is 5.69 Å². The van der Waals surface area contributed by atoms with E-state index in [0.717, 1.165) is 22.4 Å². The van der Waals surface area contributed by atoms with Gasteiger partial charge in [0, 0.05) is 44.6 Å². The van der Waals surface area contributed by atoms with Gasteiger partial charge < -0.3 is 40.1 Å². The molecule has 0 saturated carbocycles. The second kappa shape index (κ2) is 15.5. The molecular weight excluding hydrogens is 586 g/mol. The molecule has 4 aromatic rings. The monoisotopic (exact) mass is 623 g/mol. The molecule has 0 saturated heterocycles. The topological polar surface area (TPSA) is 222 Å². The zero-order valence-electron chi connectivity index (χ0n) is 26.1. The Kier molecular flexibility index (Phi) is 11.8. The highest BCUT2D eigenvalue weighted by atomic mass is 16.5. The van der Waals surface area contributed by atoms with Gasteiger partial charge in [-0.15, -0.1) is 0 Å². The van der Waals surface area contributed by atoms with Gasteiger partial charge in [-0.2, -0.15) is 4.98 Å². The minimum Gasteiger partial charge on any atom is -0.490 e. The second-order valence-electron chi connectivity index (χ2n) is 10.2. The van der Waals surface area contributed by atoms with Crippen molar-refractivity contribution in [2.24, 2.45) is 0 Å². The van der Waals surface area contributed by atoms with Gasteiger partial charge in [0.2, 0.25) is 23.6 Å². The van der Waals surface area contributed by atoms with Crippen LogP contribution < -0.4 is 20.3 Å². The van der Waals surface area contributed by atoms with Crippen molar-refractivity contribution in [3.05, 3.63) is 52.5 Å². The van der Waals surface area contributed by atoms with Gasteiger partial charge in [-0.05, 0) is 63.1 Å². The second-order valence-corrected chi connectivity index (χ2v) is 10.2. The number of aromatic carboxylic acids is 1. The van der Waals surface area contributed by atoms with E-state index in [9.17, 15) is 14.7 Å². The molecule has 1 atom stereocenters. The van der Waals surface area contributed by atoms with Crippen molar-refractivity contribution >= 4 is 23.8 Å². The molecule has 45 heavy (non-hydrogen) atoms. The summed E-state index contributed by atoms with van der Waals surface area (Å²) in [6.45, 7) is 6.69. The molecule has 1 amide bonds. The number of rotatable bonds is 11. The fourth-order valence-electron chi connectivity index (χ4n) is 3.93. The Labute approximate surface area is 259 Å². The summed E-state index contributed by atoms with van der Waals surface area (Å²) >= 11 is 0. The fourth-order valence-corrected chi connectivity index (χ4v) is 3.93. The molecule has 4 rings (SSSR count). The summed E-state index contributed by atoms with van der Waals surface area (Å²) in [5, 5.41) is 36.5. The molecule has 240 valence electrons. The van der Waals surface area contributed by atoms with Gasteiger partial charge in [-0.1, -0.05) is 5.16 Å². The highest BCUT2D eigenvalue weighted by Crippen LogP contribution is 2.30. The minimum atomic E-state index is -1.04. The number of amides is 1. The van der Waals surface area contributed by atoms with E-state index in [0.29, 0.717) is 40.7 Å². The number of anilines is 2. The number of aromatic nitrogens is 6. The maximum Gasteiger partial charge on any atom is 0.354 e. The average Bonchev–Trinajstić information content (AvgIpc) is 3.49. The number of carbonyl (C=O) groups excluding carboxylic acids is 1. The first-order valence-corrected chi connectivity index (χ1v) is 13.7. The van der Waals surface area contributed by atoms with Gasteiger partial charge >= 0.3 is 5.97 Å². The molecular formula is C29H37N9O7. The Balaban J connectivity index is 0.000000385. The van der Waals surface area contributed by atoms with Crippen LogP contribution in [0.15, 0.2) is 28.8 Å². The molecule has 0 bridgehead atoms. The molecule has 3 heterocycles. The van der Waals surface area contributed by atoms with Gasteiger partial charge in [0.1, 0.15) is 30.8 Å². The van der Waals surface area contributed by atoms with Crippen molar-refractivity contribution in [1.82, 2.24) is 35.4 Å². The third kappa shape index (κ3) is 9.64. The Morgan fingerprint density at radius 3 is 2.24 bits per heavy atom. The smallest absolute Gasteiger partial charge is 0.354 e. The molecule has 3 aromatic heterocycles. The predicted molar refractivity (Wildman–Crippen MR) is 164 cm³/mol. The molecule has 0 aliphatic heterocycles. The lowest BCUT2D eigenvalue weighted by Gasteiger charge is -2.16. The molecule has 1 aromatic carbocycles. The lowest BCUT2D eigenvalue weighted by molar-refractivity contribution is -0.124. The van der Waals surface area contributed by atoms with Crippen molar-refractivity contribution in [2.75, 3.05) is 51.1 Å². The number of carboxylic acid groups (broad SMARTS) is 1. The van der Waals surface area contributed by atoms with E-state index in [1.807, 2.05) is 47.0 Å². The quantitative estimate of drug-likeness (QED) is 0.160. The van der Waals surface area contributed by atoms with E-state index in [4.69, 9.17) is 19.5 Å². The lowest BCUT2D eigenvalue weighted by Crippen LogP contribution is -2.36. The van der Waals surface area contributed by atoms with Crippen LogP contribution in [0.25, 0.3) is 23.0 Å². The first-order valence-electron chi connectivity index (χ1n) is 13.7. The third-order valence-electron chi connectivity index (χ3n) is 6.00. The molecule has 0 aliphatic rings. The van der Waals surface area contributed by atoms with Crippen LogP contribution in [0.2, 0.25) is 0 Å². The first-order chi connectivity index (χ1) is 21.3. The number of hydrogen-bond donors (Lipinski definition) is 5. The van der Waals surface area contributed by atoms with Crippen LogP contribution >= 0.6 is 0 Å². The summed E-state index contributed by atoms with van der Waals surface area (Å²) in [5.41, 5.74) is 4.38. The summed E-state index contributed by atoms with van der Waals surface area (Å²) < 4.78 is 11.2. The van der Waals surface area contributed by atoms with E-state index in [-0.39, 0.29) is 18.8 Å². The van der Waals surface area contributed by atoms with Gasteiger partial charge in [0.05, 0.1) is 0 Å². The number of carboxylic acids is 1. The maximum atomic E-state index is 11.1. The molecule has 0 fully saturated rings. The van der Waals surface area contributed by atoms with Gasteiger partial charge in [-0.3, -0.25) is 4.79 Å². The molecule has 5 N–H and O–H groups in total. The summed E-state index contributed by atoms with van der Waals surface area (Å²) in [6.07, 6.45) is -0.915. The van der Waals surface area contributed by atoms with E-state index in [2.05, 4.69) is 40.7 Å². The summed E-state index contributed by atoms with van der Waals surface area (Å²) in [7, 11) is 5.36. The third-order valence-corrected chi connectivity index (χ3v) is 6.00. The van der Waals surface area contributed by atoms with Crippen LogP contribution in [0, 0.1) is 27.7 Å². The Morgan fingerprint density at radius 1 is 0.978 bits per heavy atom. The van der Waals surface area contributed by atoms with E-state index in [1.54, 1.807) is 24.9 Å². The van der Waals surface area contributed by atoms with Crippen molar-refractivity contribution < 1.29 is 34.2 Å². The molecule has 0 radical (unpaired) electrons. The first kappa shape index (κ1) is 34.3. The largest absolute Gasteiger partial charge is 0.490 e. The lowest BCUT2D eigenvalue weighted by atomic mass is 10.1. The predicted octanol–water partition coefficient (Wildman–Crippen LogP) is 1.56. The van der Waals surface area contributed by atoms with Crippen LogP contribution in [0.4, 0.5) is 11.9 Å². The maximum absolute atomic E-state index is 11.1. The van der Waals surface area contributed by atoms with Crippen molar-refractivity contribution in [1.29, 1.82) is 0 Å². The van der Waals surface area contributed by atoms with Gasteiger partial charge in [0.25, 0.3) is 5.89 Å². The van der Waals surface area contributed by atoms with Crippen molar-refractivity contribution in [3.63, 3.8) is 0 Å². The fraction of sp³-hybridized carbons (Fsp3) is 0.379. The molecule has 16 heteroatoms. The summed E-state index contributed by atoms with van der Waals surface area (Å²) in [5.74, 6) is 0.609. The van der Waals surface area contributed by atoms with E-state index < -0.39 is 24.6 Å². The molecule has 0 spiro atoms. The zero-order valence-corrected chi connectivity index (χ0v) is 26.1. The number of nitrogens with zero attached hydrogens (tertiary/aromatic N) is 7. The highest BCUT2D eigenvalue weighted by molar-refractivity contribution is 5.85. The number of nitrogens with one attached hydrogen (secondary N) is 2. The summed E-state index contributed by atoms with van der Waals surface area (Å²) in [4.78, 5) is 44.4. The zero-order chi connectivity index (χ0) is 33.3. The number of ether oxygens (including phenoxy) is 1. The highest BCUT2D eigenvalue weighted by Gasteiger charge is 2.17. The summed E-state index contributed by atoms with van der Waals surface area (Å²) in [6, 6.07) is 6.94. The number of hydrogen-bond acceptors (Lipinski definition) is 14. The van der Waals surface area contributed by atoms with E-state index >= 15 is 0 Å². The SMILES string of the molecule is CNc1nc(C)cc(C(=O)O)n1.Cc1cc(-c2nc(-c3cc(C)c(OCC(O)CNC(=O)CO)c(C)c3)no2)nc(N(C)C)n1. The van der Waals surface area contributed by atoms with Crippen LogP contribution in [0.5, 0.6) is 5.75 Å². The number of benzene rings is 1. The average molecular weight is 624 g/mol. The van der Waals surface area contributed by atoms with E-state index in [1.165, 1.54) is 6.07 Å². The van der Waals surface area contributed by atoms with Gasteiger partial charge in [-0.25, -0.2) is 24.7 Å². The molecule has 1 unspecified atom stereocenters. The van der Waals surface area contributed by atoms with Crippen molar-refractivity contribution in [3.8, 4) is 28.7 Å². The van der Waals surface area contributed by atoms with Crippen LogP contribution in [0.1, 0.15) is 33.0 Å². The minimum absolute atomic E-state index is 0.00634. The standard InChI is InChI=1S/C22H28N6O5.C7H9N3O2/c1-12-6-15(7-13(2)19(12)32-11-16(30)9-23-18(31)10-29)20-26-21(33-27-20)17-8-14(3)24-22(25-17)28(4)5;1-4-3-5(6(11)12)10-7(8-2)9-4/h6-8,16,29-30H,9-11H2,1-5H3,(H,23,31);3H,1-2H3,(H,11,12)(H,8,9,10). The van der Waals surface area contributed by atoms with Crippen LogP contribution in [-0.4, -0.2) is 104 Å². The number of carbonyl (C=O) groups is 2. The Hall–Kier alpha value is -5.22. The molecule has 0 aliphatic carbocycles. The Bertz CT molecular complexity index is 1620.